The Hall–Kier alpha value is -0.220. The van der Waals surface area contributed by atoms with E-state index in [9.17, 15) is 9.90 Å². The van der Waals surface area contributed by atoms with Crippen LogP contribution in [0.1, 0.15) is 47.5 Å². The molecule has 96 valence electrons. The molecule has 16 heavy (non-hydrogen) atoms. The van der Waals surface area contributed by atoms with Crippen LogP contribution >= 0.6 is 11.8 Å². The van der Waals surface area contributed by atoms with Crippen LogP contribution in [0, 0.1) is 0 Å². The monoisotopic (exact) mass is 248 g/mol. The van der Waals surface area contributed by atoms with Gasteiger partial charge in [0.15, 0.2) is 0 Å². The Morgan fingerprint density at radius 3 is 2.38 bits per heavy atom. The fraction of sp³-hybridized carbons (Fsp3) is 0.917. The lowest BCUT2D eigenvalue weighted by Crippen LogP contribution is -2.34. The van der Waals surface area contributed by atoms with Gasteiger partial charge < -0.3 is 9.84 Å². The van der Waals surface area contributed by atoms with Crippen LogP contribution in [0.15, 0.2) is 0 Å². The lowest BCUT2D eigenvalue weighted by molar-refractivity contribution is -0.159. The average molecular weight is 248 g/mol. The second-order valence-corrected chi connectivity index (χ2v) is 5.90. The van der Waals surface area contributed by atoms with E-state index in [0.29, 0.717) is 12.2 Å². The number of ether oxygens (including phenoxy) is 1. The molecular weight excluding hydrogens is 224 g/mol. The quantitative estimate of drug-likeness (QED) is 0.763. The smallest absolute Gasteiger partial charge is 0.309 e. The highest BCUT2D eigenvalue weighted by Gasteiger charge is 2.35. The van der Waals surface area contributed by atoms with E-state index in [0.717, 1.165) is 5.75 Å². The third kappa shape index (κ3) is 6.38. The molecular formula is C12H24O3S. The molecule has 0 spiro atoms. The molecule has 1 rings (SSSR count). The van der Waals surface area contributed by atoms with E-state index in [1.165, 1.54) is 0 Å². The lowest BCUT2D eigenvalue weighted by atomic mass is 9.99. The molecule has 1 N–H and O–H groups in total. The summed E-state index contributed by atoms with van der Waals surface area (Å²) >= 11 is 1.68. The van der Waals surface area contributed by atoms with Gasteiger partial charge in [0.25, 0.3) is 0 Å². The summed E-state index contributed by atoms with van der Waals surface area (Å²) in [4.78, 5) is 11.4. The summed E-state index contributed by atoms with van der Waals surface area (Å²) < 4.78 is 5.16. The third-order valence-electron chi connectivity index (χ3n) is 1.98. The minimum atomic E-state index is -0.826. The van der Waals surface area contributed by atoms with E-state index in [4.69, 9.17) is 4.74 Å². The number of hydrogen-bond donors (Lipinski definition) is 1. The molecule has 0 radical (unpaired) electrons. The van der Waals surface area contributed by atoms with E-state index in [-0.39, 0.29) is 12.4 Å². The van der Waals surface area contributed by atoms with Gasteiger partial charge in [-0.1, -0.05) is 13.8 Å². The maximum atomic E-state index is 11.4. The van der Waals surface area contributed by atoms with Gasteiger partial charge in [0.1, 0.15) is 5.60 Å². The Morgan fingerprint density at radius 2 is 2.00 bits per heavy atom. The van der Waals surface area contributed by atoms with Crippen LogP contribution in [0.2, 0.25) is 0 Å². The Bertz CT molecular complexity index is 215. The third-order valence-corrected chi connectivity index (χ3v) is 3.21. The van der Waals surface area contributed by atoms with Crippen molar-refractivity contribution in [3.8, 4) is 0 Å². The number of rotatable bonds is 2. The lowest BCUT2D eigenvalue weighted by Gasteiger charge is -2.24. The second kappa shape index (κ2) is 6.50. The van der Waals surface area contributed by atoms with Crippen LogP contribution in [-0.2, 0) is 9.53 Å². The molecule has 1 atom stereocenters. The van der Waals surface area contributed by atoms with E-state index in [2.05, 4.69) is 0 Å². The van der Waals surface area contributed by atoms with Crippen molar-refractivity contribution in [1.29, 1.82) is 0 Å². The molecule has 0 amide bonds. The molecule has 1 heterocycles. The summed E-state index contributed by atoms with van der Waals surface area (Å²) in [5, 5.41) is 9.94. The van der Waals surface area contributed by atoms with Gasteiger partial charge in [-0.25, -0.2) is 0 Å². The van der Waals surface area contributed by atoms with Gasteiger partial charge in [-0.05, 0) is 32.9 Å². The maximum Gasteiger partial charge on any atom is 0.309 e. The standard InChI is InChI=1S/C10H18O3S.C2H6/c1-9(2,3)13-8(11)6-10(12)4-5-14-7-10;1-2/h12H,4-7H2,1-3H3;1-2H3. The Morgan fingerprint density at radius 1 is 1.44 bits per heavy atom. The van der Waals surface area contributed by atoms with Crippen molar-refractivity contribution in [2.24, 2.45) is 0 Å². The molecule has 3 nitrogen and oxygen atoms in total. The first kappa shape index (κ1) is 15.8. The van der Waals surface area contributed by atoms with Crippen LogP contribution in [0.3, 0.4) is 0 Å². The van der Waals surface area contributed by atoms with Crippen molar-refractivity contribution in [3.63, 3.8) is 0 Å². The van der Waals surface area contributed by atoms with Crippen molar-refractivity contribution >= 4 is 17.7 Å². The van der Waals surface area contributed by atoms with E-state index < -0.39 is 11.2 Å². The van der Waals surface area contributed by atoms with Crippen molar-refractivity contribution in [2.75, 3.05) is 11.5 Å². The summed E-state index contributed by atoms with van der Waals surface area (Å²) in [7, 11) is 0. The minimum absolute atomic E-state index is 0.122. The topological polar surface area (TPSA) is 46.5 Å². The second-order valence-electron chi connectivity index (χ2n) is 4.79. The molecule has 0 aromatic carbocycles. The zero-order valence-corrected chi connectivity index (χ0v) is 11.8. The van der Waals surface area contributed by atoms with Crippen molar-refractivity contribution in [2.45, 2.75) is 58.7 Å². The van der Waals surface area contributed by atoms with Crippen LogP contribution in [-0.4, -0.2) is 33.8 Å². The SMILES string of the molecule is CC.CC(C)(C)OC(=O)CC1(O)CCSC1. The van der Waals surface area contributed by atoms with Crippen molar-refractivity contribution in [1.82, 2.24) is 0 Å². The number of hydrogen-bond acceptors (Lipinski definition) is 4. The molecule has 0 aromatic heterocycles. The van der Waals surface area contributed by atoms with Gasteiger partial charge in [0.05, 0.1) is 12.0 Å². The number of carbonyl (C=O) groups excluding carboxylic acids is 1. The van der Waals surface area contributed by atoms with Gasteiger partial charge in [0, 0.05) is 5.75 Å². The molecule has 4 heteroatoms. The molecule has 1 fully saturated rings. The number of carbonyl (C=O) groups is 1. The van der Waals surface area contributed by atoms with Crippen LogP contribution in [0.4, 0.5) is 0 Å². The molecule has 1 aliphatic heterocycles. The molecule has 0 aromatic rings. The first-order valence-electron chi connectivity index (χ1n) is 5.83. The summed E-state index contributed by atoms with van der Waals surface area (Å²) in [6.07, 6.45) is 0.814. The summed E-state index contributed by atoms with van der Waals surface area (Å²) in [6.45, 7) is 9.50. The zero-order valence-electron chi connectivity index (χ0n) is 11.0. The van der Waals surface area contributed by atoms with E-state index in [1.54, 1.807) is 11.8 Å². The highest BCUT2D eigenvalue weighted by atomic mass is 32.2. The van der Waals surface area contributed by atoms with Gasteiger partial charge in [-0.15, -0.1) is 0 Å². The van der Waals surface area contributed by atoms with E-state index in [1.807, 2.05) is 34.6 Å². The van der Waals surface area contributed by atoms with Gasteiger partial charge in [-0.3, -0.25) is 4.79 Å². The first-order chi connectivity index (χ1) is 7.31. The predicted molar refractivity (Wildman–Crippen MR) is 68.7 cm³/mol. The highest BCUT2D eigenvalue weighted by Crippen LogP contribution is 2.31. The van der Waals surface area contributed by atoms with E-state index >= 15 is 0 Å². The summed E-state index contributed by atoms with van der Waals surface area (Å²) in [5.74, 6) is 1.27. The van der Waals surface area contributed by atoms with Gasteiger partial charge in [0.2, 0.25) is 0 Å². The van der Waals surface area contributed by atoms with Crippen molar-refractivity contribution in [3.05, 3.63) is 0 Å². The fourth-order valence-corrected chi connectivity index (χ4v) is 2.68. The molecule has 0 bridgehead atoms. The number of aliphatic hydroxyl groups is 1. The maximum absolute atomic E-state index is 11.4. The molecule has 0 aliphatic carbocycles. The first-order valence-corrected chi connectivity index (χ1v) is 6.98. The highest BCUT2D eigenvalue weighted by molar-refractivity contribution is 7.99. The fourth-order valence-electron chi connectivity index (χ4n) is 1.38. The largest absolute Gasteiger partial charge is 0.460 e. The minimum Gasteiger partial charge on any atom is -0.460 e. The molecule has 0 saturated carbocycles. The number of thioether (sulfide) groups is 1. The molecule has 1 unspecified atom stereocenters. The molecule has 1 saturated heterocycles. The number of esters is 1. The Balaban J connectivity index is 0.00000106. The summed E-state index contributed by atoms with van der Waals surface area (Å²) in [6, 6.07) is 0. The van der Waals surface area contributed by atoms with Crippen LogP contribution < -0.4 is 0 Å². The van der Waals surface area contributed by atoms with Crippen LogP contribution in [0.5, 0.6) is 0 Å². The Kier molecular flexibility index (Phi) is 6.41. The normalized spacial score (nSPS) is 24.6. The zero-order chi connectivity index (χ0) is 12.8. The molecule has 1 aliphatic rings. The predicted octanol–water partition coefficient (Wildman–Crippen LogP) is 2.61. The summed E-state index contributed by atoms with van der Waals surface area (Å²) in [5.41, 5.74) is -1.29. The van der Waals surface area contributed by atoms with Crippen LogP contribution in [0.25, 0.3) is 0 Å². The van der Waals surface area contributed by atoms with Gasteiger partial charge in [-0.2, -0.15) is 11.8 Å². The van der Waals surface area contributed by atoms with Crippen molar-refractivity contribution < 1.29 is 14.6 Å². The average Bonchev–Trinajstić information content (AvgIpc) is 2.51. The van der Waals surface area contributed by atoms with Gasteiger partial charge >= 0.3 is 5.97 Å². The Labute approximate surface area is 103 Å².